The molecule has 0 unspecified atom stereocenters. The number of nitrogens with zero attached hydrogens (tertiary/aromatic N) is 3. The lowest BCUT2D eigenvalue weighted by molar-refractivity contribution is 0.283. The first-order chi connectivity index (χ1) is 5.83. The number of pyridine rings is 1. The van der Waals surface area contributed by atoms with Gasteiger partial charge in [0.2, 0.25) is 0 Å². The van der Waals surface area contributed by atoms with Crippen molar-refractivity contribution in [1.29, 1.82) is 0 Å². The van der Waals surface area contributed by atoms with Crippen LogP contribution >= 0.6 is 0 Å². The van der Waals surface area contributed by atoms with Crippen molar-refractivity contribution in [2.45, 2.75) is 6.61 Å². The second-order valence-electron chi connectivity index (χ2n) is 2.66. The van der Waals surface area contributed by atoms with Crippen LogP contribution in [0.3, 0.4) is 0 Å². The third-order valence-corrected chi connectivity index (χ3v) is 1.85. The maximum Gasteiger partial charge on any atom is 0.159 e. The number of aromatic nitrogens is 3. The number of aryl methyl sites for hydroxylation is 1. The Morgan fingerprint density at radius 3 is 3.08 bits per heavy atom. The summed E-state index contributed by atoms with van der Waals surface area (Å²) >= 11 is 0. The van der Waals surface area contributed by atoms with Gasteiger partial charge in [0, 0.05) is 18.8 Å². The summed E-state index contributed by atoms with van der Waals surface area (Å²) in [6.45, 7) is 0.00995. The van der Waals surface area contributed by atoms with Gasteiger partial charge in [-0.1, -0.05) is 0 Å². The Bertz CT molecular complexity index is 408. The molecule has 0 aliphatic rings. The summed E-state index contributed by atoms with van der Waals surface area (Å²) in [6.07, 6.45) is 3.37. The van der Waals surface area contributed by atoms with Gasteiger partial charge in [-0.2, -0.15) is 0 Å². The molecule has 62 valence electrons. The summed E-state index contributed by atoms with van der Waals surface area (Å²) in [5.41, 5.74) is 2.41. The van der Waals surface area contributed by atoms with Crippen molar-refractivity contribution in [2.24, 2.45) is 7.05 Å². The van der Waals surface area contributed by atoms with E-state index in [2.05, 4.69) is 9.97 Å². The molecule has 0 aliphatic carbocycles. The van der Waals surface area contributed by atoms with Gasteiger partial charge in [0.05, 0.1) is 12.9 Å². The first-order valence-electron chi connectivity index (χ1n) is 3.68. The molecule has 0 atom stereocenters. The Kier molecular flexibility index (Phi) is 1.55. The van der Waals surface area contributed by atoms with Gasteiger partial charge in [0.25, 0.3) is 0 Å². The highest BCUT2D eigenvalue weighted by atomic mass is 16.3. The molecule has 0 saturated carbocycles. The molecule has 0 aliphatic heterocycles. The van der Waals surface area contributed by atoms with E-state index in [0.29, 0.717) is 0 Å². The standard InChI is InChI=1S/C8H9N3O/c1-11-5-10-7-6(4-12)2-3-9-8(7)11/h2-3,5,12H,4H2,1H3. The largest absolute Gasteiger partial charge is 0.392 e. The lowest BCUT2D eigenvalue weighted by atomic mass is 10.2. The fourth-order valence-electron chi connectivity index (χ4n) is 1.21. The van der Waals surface area contributed by atoms with Crippen LogP contribution in [0.1, 0.15) is 5.56 Å². The SMILES string of the molecule is Cn1cnc2c(CO)ccnc21. The van der Waals surface area contributed by atoms with Crippen molar-refractivity contribution in [1.82, 2.24) is 14.5 Å². The van der Waals surface area contributed by atoms with E-state index in [9.17, 15) is 0 Å². The minimum Gasteiger partial charge on any atom is -0.392 e. The maximum absolute atomic E-state index is 8.97. The maximum atomic E-state index is 8.97. The molecule has 0 aromatic carbocycles. The van der Waals surface area contributed by atoms with Gasteiger partial charge in [-0.05, 0) is 6.07 Å². The van der Waals surface area contributed by atoms with E-state index >= 15 is 0 Å². The quantitative estimate of drug-likeness (QED) is 0.664. The molecular formula is C8H9N3O. The van der Waals surface area contributed by atoms with Crippen molar-refractivity contribution in [2.75, 3.05) is 0 Å². The normalized spacial score (nSPS) is 10.8. The number of fused-ring (bicyclic) bond motifs is 1. The molecule has 12 heavy (non-hydrogen) atoms. The van der Waals surface area contributed by atoms with E-state index in [0.717, 1.165) is 16.7 Å². The van der Waals surface area contributed by atoms with Gasteiger partial charge >= 0.3 is 0 Å². The van der Waals surface area contributed by atoms with Gasteiger partial charge in [-0.3, -0.25) is 0 Å². The third kappa shape index (κ3) is 0.887. The molecule has 4 nitrogen and oxygen atoms in total. The minimum atomic E-state index is 0.00995. The molecule has 2 aromatic rings. The first kappa shape index (κ1) is 7.24. The Balaban J connectivity index is 2.81. The van der Waals surface area contributed by atoms with E-state index in [1.54, 1.807) is 18.6 Å². The highest BCUT2D eigenvalue weighted by Crippen LogP contribution is 2.13. The van der Waals surface area contributed by atoms with Gasteiger partial charge in [0.1, 0.15) is 5.52 Å². The highest BCUT2D eigenvalue weighted by Gasteiger charge is 2.04. The Morgan fingerprint density at radius 2 is 2.33 bits per heavy atom. The van der Waals surface area contributed by atoms with E-state index in [4.69, 9.17) is 5.11 Å². The molecule has 4 heteroatoms. The van der Waals surface area contributed by atoms with Crippen LogP contribution in [0.4, 0.5) is 0 Å². The Morgan fingerprint density at radius 1 is 1.50 bits per heavy atom. The van der Waals surface area contributed by atoms with E-state index in [1.807, 2.05) is 11.6 Å². The van der Waals surface area contributed by atoms with Crippen molar-refractivity contribution in [3.8, 4) is 0 Å². The van der Waals surface area contributed by atoms with Crippen molar-refractivity contribution < 1.29 is 5.11 Å². The summed E-state index contributed by atoms with van der Waals surface area (Å²) in [5.74, 6) is 0. The zero-order valence-corrected chi connectivity index (χ0v) is 6.73. The lowest BCUT2D eigenvalue weighted by Gasteiger charge is -1.96. The summed E-state index contributed by atoms with van der Waals surface area (Å²) in [5, 5.41) is 8.97. The molecule has 2 aromatic heterocycles. The molecule has 0 fully saturated rings. The summed E-state index contributed by atoms with van der Waals surface area (Å²) in [4.78, 5) is 8.27. The fourth-order valence-corrected chi connectivity index (χ4v) is 1.21. The van der Waals surface area contributed by atoms with Crippen LogP contribution in [0.25, 0.3) is 11.2 Å². The third-order valence-electron chi connectivity index (χ3n) is 1.85. The fraction of sp³-hybridized carbons (Fsp3) is 0.250. The van der Waals surface area contributed by atoms with Gasteiger partial charge in [-0.25, -0.2) is 9.97 Å². The topological polar surface area (TPSA) is 50.9 Å². The molecule has 1 N–H and O–H groups in total. The van der Waals surface area contributed by atoms with E-state index < -0.39 is 0 Å². The summed E-state index contributed by atoms with van der Waals surface area (Å²) in [7, 11) is 1.88. The molecule has 2 heterocycles. The van der Waals surface area contributed by atoms with Crippen LogP contribution in [-0.4, -0.2) is 19.6 Å². The first-order valence-corrected chi connectivity index (χ1v) is 3.68. The molecular weight excluding hydrogens is 154 g/mol. The molecule has 2 rings (SSSR count). The number of rotatable bonds is 1. The smallest absolute Gasteiger partial charge is 0.159 e. The molecule has 0 radical (unpaired) electrons. The highest BCUT2D eigenvalue weighted by molar-refractivity contribution is 5.74. The minimum absolute atomic E-state index is 0.00995. The van der Waals surface area contributed by atoms with Gasteiger partial charge in [-0.15, -0.1) is 0 Å². The van der Waals surface area contributed by atoms with E-state index in [1.165, 1.54) is 0 Å². The number of imidazole rings is 1. The summed E-state index contributed by atoms with van der Waals surface area (Å²) < 4.78 is 1.83. The Labute approximate surface area is 69.5 Å². The van der Waals surface area contributed by atoms with Crippen LogP contribution in [0.5, 0.6) is 0 Å². The van der Waals surface area contributed by atoms with Crippen LogP contribution in [-0.2, 0) is 13.7 Å². The predicted molar refractivity (Wildman–Crippen MR) is 44.4 cm³/mol. The zero-order valence-electron chi connectivity index (χ0n) is 6.73. The Hall–Kier alpha value is -1.42. The van der Waals surface area contributed by atoms with Crippen LogP contribution in [0.2, 0.25) is 0 Å². The molecule has 0 bridgehead atoms. The van der Waals surface area contributed by atoms with Gasteiger partial charge < -0.3 is 9.67 Å². The second-order valence-corrected chi connectivity index (χ2v) is 2.66. The number of aliphatic hydroxyl groups excluding tert-OH is 1. The van der Waals surface area contributed by atoms with Crippen LogP contribution in [0.15, 0.2) is 18.6 Å². The molecule has 0 saturated heterocycles. The summed E-state index contributed by atoms with van der Waals surface area (Å²) in [6, 6.07) is 1.77. The predicted octanol–water partition coefficient (Wildman–Crippen LogP) is 0.461. The monoisotopic (exact) mass is 163 g/mol. The second kappa shape index (κ2) is 2.57. The number of aliphatic hydroxyl groups is 1. The van der Waals surface area contributed by atoms with Crippen molar-refractivity contribution >= 4 is 11.2 Å². The van der Waals surface area contributed by atoms with Crippen LogP contribution < -0.4 is 0 Å². The van der Waals surface area contributed by atoms with Crippen LogP contribution in [0, 0.1) is 0 Å². The molecule has 0 spiro atoms. The van der Waals surface area contributed by atoms with Gasteiger partial charge in [0.15, 0.2) is 5.65 Å². The average Bonchev–Trinajstić information content (AvgIpc) is 2.48. The average molecular weight is 163 g/mol. The lowest BCUT2D eigenvalue weighted by Crippen LogP contribution is -1.90. The molecule has 0 amide bonds. The van der Waals surface area contributed by atoms with E-state index in [-0.39, 0.29) is 6.61 Å². The number of hydrogen-bond donors (Lipinski definition) is 1. The van der Waals surface area contributed by atoms with Crippen molar-refractivity contribution in [3.63, 3.8) is 0 Å². The number of hydrogen-bond acceptors (Lipinski definition) is 3. The zero-order chi connectivity index (χ0) is 8.55. The van der Waals surface area contributed by atoms with Crippen molar-refractivity contribution in [3.05, 3.63) is 24.2 Å².